The summed E-state index contributed by atoms with van der Waals surface area (Å²) < 4.78 is 22.6. The van der Waals surface area contributed by atoms with Crippen LogP contribution in [0.3, 0.4) is 0 Å². The van der Waals surface area contributed by atoms with Gasteiger partial charge in [-0.05, 0) is 53.2 Å². The van der Waals surface area contributed by atoms with Gasteiger partial charge in [0.05, 0.1) is 22.2 Å². The molecule has 4 aromatic rings. The molecule has 0 saturated heterocycles. The van der Waals surface area contributed by atoms with Crippen LogP contribution in [-0.2, 0) is 0 Å². The molecule has 0 saturated carbocycles. The van der Waals surface area contributed by atoms with Crippen molar-refractivity contribution in [1.29, 1.82) is 0 Å². The van der Waals surface area contributed by atoms with Crippen molar-refractivity contribution in [3.8, 4) is 5.75 Å². The second-order valence-corrected chi connectivity index (χ2v) is 6.92. The van der Waals surface area contributed by atoms with Crippen LogP contribution in [-0.4, -0.2) is 32.7 Å². The Balaban J connectivity index is 1.85. The summed E-state index contributed by atoms with van der Waals surface area (Å²) in [4.78, 5) is 6.73. The molecule has 0 bridgehead atoms. The fourth-order valence-corrected chi connectivity index (χ4v) is 3.85. The minimum absolute atomic E-state index is 0.312. The second kappa shape index (κ2) is 5.63. The molecule has 130 valence electrons. The average molecular weight is 414 g/mol. The Morgan fingerprint density at radius 3 is 2.96 bits per heavy atom. The molecule has 6 nitrogen and oxygen atoms in total. The van der Waals surface area contributed by atoms with E-state index in [9.17, 15) is 4.39 Å². The maximum atomic E-state index is 14.1. The van der Waals surface area contributed by atoms with Gasteiger partial charge in [0.15, 0.2) is 5.75 Å². The fraction of sp³-hybridized carbons (Fsp3) is 0.167. The number of ether oxygens (including phenoxy) is 1. The lowest BCUT2D eigenvalue weighted by molar-refractivity contribution is 0.312. The van der Waals surface area contributed by atoms with Crippen LogP contribution in [0.2, 0.25) is 0 Å². The number of hydrogen-bond acceptors (Lipinski definition) is 5. The quantitative estimate of drug-likeness (QED) is 0.471. The highest BCUT2D eigenvalue weighted by Crippen LogP contribution is 2.42. The van der Waals surface area contributed by atoms with Crippen molar-refractivity contribution in [2.45, 2.75) is 6.92 Å². The number of para-hydroxylation sites is 1. The van der Waals surface area contributed by atoms with Gasteiger partial charge in [-0.3, -0.25) is 4.40 Å². The van der Waals surface area contributed by atoms with Gasteiger partial charge >= 0.3 is 0 Å². The summed E-state index contributed by atoms with van der Waals surface area (Å²) in [6.07, 6.45) is 0. The minimum atomic E-state index is -0.312. The van der Waals surface area contributed by atoms with Gasteiger partial charge in [0.2, 0.25) is 0 Å². The normalized spacial score (nSPS) is 13.9. The molecular weight excluding hydrogens is 401 g/mol. The summed E-state index contributed by atoms with van der Waals surface area (Å²) in [5.41, 5.74) is 1.70. The first-order valence-corrected chi connectivity index (χ1v) is 8.92. The lowest BCUT2D eigenvalue weighted by Crippen LogP contribution is -2.29. The zero-order chi connectivity index (χ0) is 17.8. The summed E-state index contributed by atoms with van der Waals surface area (Å²) in [7, 11) is 0. The molecule has 0 fully saturated rings. The standard InChI is InChI=1S/C18H13BrFN5O/c1-10-22-23-18-21-17(12-9-11(20)5-6-14(12)25(10)18)24-7-8-26-16-13(19)3-2-4-15(16)24/h2-6,9H,7-8H2,1H3. The number of aromatic nitrogens is 4. The van der Waals surface area contributed by atoms with E-state index in [0.29, 0.717) is 36.0 Å². The molecule has 0 unspecified atom stereocenters. The van der Waals surface area contributed by atoms with Crippen LogP contribution in [0, 0.1) is 12.7 Å². The van der Waals surface area contributed by atoms with Gasteiger partial charge in [0.25, 0.3) is 5.78 Å². The fourth-order valence-electron chi connectivity index (χ4n) is 3.38. The smallest absolute Gasteiger partial charge is 0.257 e. The van der Waals surface area contributed by atoms with E-state index >= 15 is 0 Å². The topological polar surface area (TPSA) is 55.5 Å². The third kappa shape index (κ3) is 2.18. The van der Waals surface area contributed by atoms with Gasteiger partial charge in [-0.25, -0.2) is 4.39 Å². The van der Waals surface area contributed by atoms with Crippen LogP contribution in [0.1, 0.15) is 5.82 Å². The van der Waals surface area contributed by atoms with E-state index in [1.165, 1.54) is 12.1 Å². The summed E-state index contributed by atoms with van der Waals surface area (Å²) in [5.74, 6) is 2.28. The van der Waals surface area contributed by atoms with E-state index in [1.54, 1.807) is 6.07 Å². The number of anilines is 2. The molecule has 0 radical (unpaired) electrons. The predicted molar refractivity (Wildman–Crippen MR) is 99.6 cm³/mol. The first kappa shape index (κ1) is 15.5. The number of nitrogens with zero attached hydrogens (tertiary/aromatic N) is 5. The van der Waals surface area contributed by atoms with Crippen molar-refractivity contribution in [1.82, 2.24) is 19.6 Å². The predicted octanol–water partition coefficient (Wildman–Crippen LogP) is 4.02. The van der Waals surface area contributed by atoms with Gasteiger partial charge in [0.1, 0.15) is 24.1 Å². The number of halogens is 2. The van der Waals surface area contributed by atoms with Crippen molar-refractivity contribution < 1.29 is 9.13 Å². The molecule has 2 aromatic heterocycles. The Morgan fingerprint density at radius 1 is 1.19 bits per heavy atom. The minimum Gasteiger partial charge on any atom is -0.488 e. The van der Waals surface area contributed by atoms with E-state index in [4.69, 9.17) is 9.72 Å². The largest absolute Gasteiger partial charge is 0.488 e. The Labute approximate surface area is 156 Å². The van der Waals surface area contributed by atoms with Crippen LogP contribution < -0.4 is 9.64 Å². The molecule has 0 atom stereocenters. The Hall–Kier alpha value is -2.74. The van der Waals surface area contributed by atoms with Crippen molar-refractivity contribution in [3.05, 3.63) is 52.5 Å². The molecule has 3 heterocycles. The monoisotopic (exact) mass is 413 g/mol. The number of rotatable bonds is 1. The third-order valence-corrected chi connectivity index (χ3v) is 5.13. The molecular formula is C18H13BrFN5O. The van der Waals surface area contributed by atoms with Gasteiger partial charge < -0.3 is 9.64 Å². The van der Waals surface area contributed by atoms with E-state index in [0.717, 1.165) is 21.4 Å². The number of hydrogen-bond donors (Lipinski definition) is 0. The lowest BCUT2D eigenvalue weighted by atomic mass is 10.1. The molecule has 1 aliphatic heterocycles. The van der Waals surface area contributed by atoms with E-state index in [1.807, 2.05) is 34.4 Å². The average Bonchev–Trinajstić information content (AvgIpc) is 3.02. The molecule has 0 amide bonds. The Kier molecular flexibility index (Phi) is 3.36. The second-order valence-electron chi connectivity index (χ2n) is 6.07. The summed E-state index contributed by atoms with van der Waals surface area (Å²) in [6, 6.07) is 10.5. The summed E-state index contributed by atoms with van der Waals surface area (Å²) >= 11 is 3.53. The highest BCUT2D eigenvalue weighted by Gasteiger charge is 2.25. The molecule has 26 heavy (non-hydrogen) atoms. The lowest BCUT2D eigenvalue weighted by Gasteiger charge is -2.31. The van der Waals surface area contributed by atoms with Crippen molar-refractivity contribution >= 4 is 44.1 Å². The van der Waals surface area contributed by atoms with Crippen LogP contribution in [0.25, 0.3) is 16.7 Å². The van der Waals surface area contributed by atoms with E-state index in [2.05, 4.69) is 26.1 Å². The van der Waals surface area contributed by atoms with Gasteiger partial charge in [-0.2, -0.15) is 4.98 Å². The SMILES string of the molecule is Cc1nnc2nc(N3CCOc4c(Br)cccc43)c3cc(F)ccc3n12. The highest BCUT2D eigenvalue weighted by atomic mass is 79.9. The van der Waals surface area contributed by atoms with Crippen molar-refractivity contribution in [2.24, 2.45) is 0 Å². The van der Waals surface area contributed by atoms with Gasteiger partial charge in [-0.15, -0.1) is 10.2 Å². The molecule has 0 N–H and O–H groups in total. The van der Waals surface area contributed by atoms with Crippen LogP contribution >= 0.6 is 15.9 Å². The summed E-state index contributed by atoms with van der Waals surface area (Å²) in [6.45, 7) is 2.96. The third-order valence-electron chi connectivity index (χ3n) is 4.51. The molecule has 5 rings (SSSR count). The zero-order valence-corrected chi connectivity index (χ0v) is 15.4. The number of fused-ring (bicyclic) bond motifs is 4. The Bertz CT molecular complexity index is 1180. The van der Waals surface area contributed by atoms with Crippen molar-refractivity contribution in [2.75, 3.05) is 18.1 Å². The van der Waals surface area contributed by atoms with Gasteiger partial charge in [-0.1, -0.05) is 6.07 Å². The Morgan fingerprint density at radius 2 is 2.08 bits per heavy atom. The number of aryl methyl sites for hydroxylation is 1. The van der Waals surface area contributed by atoms with E-state index < -0.39 is 0 Å². The maximum absolute atomic E-state index is 14.1. The highest BCUT2D eigenvalue weighted by molar-refractivity contribution is 9.10. The van der Waals surface area contributed by atoms with Gasteiger partial charge in [0, 0.05) is 5.39 Å². The van der Waals surface area contributed by atoms with E-state index in [-0.39, 0.29) is 5.82 Å². The molecule has 0 spiro atoms. The summed E-state index contributed by atoms with van der Waals surface area (Å²) in [5, 5.41) is 8.98. The zero-order valence-electron chi connectivity index (χ0n) is 13.8. The molecule has 0 aliphatic carbocycles. The van der Waals surface area contributed by atoms with Crippen LogP contribution in [0.5, 0.6) is 5.75 Å². The van der Waals surface area contributed by atoms with Crippen molar-refractivity contribution in [3.63, 3.8) is 0 Å². The molecule has 8 heteroatoms. The molecule has 1 aliphatic rings. The first-order valence-electron chi connectivity index (χ1n) is 8.13. The maximum Gasteiger partial charge on any atom is 0.257 e. The number of benzene rings is 2. The first-order chi connectivity index (χ1) is 12.6. The van der Waals surface area contributed by atoms with Crippen LogP contribution in [0.15, 0.2) is 40.9 Å². The molecule has 2 aromatic carbocycles. The van der Waals surface area contributed by atoms with Crippen LogP contribution in [0.4, 0.5) is 15.9 Å².